The molecule has 0 saturated carbocycles. The van der Waals surface area contributed by atoms with Crippen LogP contribution in [0.25, 0.3) is 21.8 Å². The van der Waals surface area contributed by atoms with Crippen molar-refractivity contribution < 1.29 is 9.59 Å². The van der Waals surface area contributed by atoms with Gasteiger partial charge in [-0.2, -0.15) is 0 Å². The molecule has 2 unspecified atom stereocenters. The Hall–Kier alpha value is -6.29. The Morgan fingerprint density at radius 3 is 1.59 bits per heavy atom. The largest absolute Gasteiger partial charge is 0.329 e. The molecule has 0 radical (unpaired) electrons. The van der Waals surface area contributed by atoms with Crippen LogP contribution in [-0.2, 0) is 13.1 Å². The van der Waals surface area contributed by atoms with Gasteiger partial charge in [0.05, 0.1) is 47.0 Å². The first-order valence-corrected chi connectivity index (χ1v) is 24.2. The molecular formula is C53H51Br2ClN8O4. The van der Waals surface area contributed by atoms with Gasteiger partial charge >= 0.3 is 0 Å². The molecule has 12 nitrogen and oxygen atoms in total. The standard InChI is InChI=1S/C27H26BrClN4O2.C26H25BrN4O2/c1-2-24(32(15-14-30)26(34)19-8-10-20(28)11-9-19)25-31-23-16-21(29)12-13-22(23)27(35)33(25)17-18-6-4-3-5-7-18;1-18(30(16-15-28)25(32)20-11-13-21(27)14-12-20)24-29-23-10-6-5-9-22(23)26(33)31(24)17-19-7-3-2-4-8-19/h3-13,16,24H,2,14-15,17,30H2,1H3;2-14,18H,15-17,28H2,1H3. The van der Waals surface area contributed by atoms with E-state index in [0.29, 0.717) is 88.7 Å². The Balaban J connectivity index is 0.000000202. The smallest absolute Gasteiger partial charge is 0.261 e. The van der Waals surface area contributed by atoms with Gasteiger partial charge in [0.2, 0.25) is 0 Å². The fraction of sp³-hybridized carbons (Fsp3) is 0.208. The number of nitrogens with zero attached hydrogens (tertiary/aromatic N) is 6. The van der Waals surface area contributed by atoms with Gasteiger partial charge in [-0.3, -0.25) is 28.3 Å². The number of fused-ring (bicyclic) bond motifs is 2. The summed E-state index contributed by atoms with van der Waals surface area (Å²) in [5, 5.41) is 1.52. The van der Waals surface area contributed by atoms with Gasteiger partial charge in [-0.1, -0.05) is 123 Å². The predicted molar refractivity (Wildman–Crippen MR) is 278 cm³/mol. The van der Waals surface area contributed by atoms with Crippen molar-refractivity contribution in [3.05, 3.63) is 220 Å². The third kappa shape index (κ3) is 11.5. The summed E-state index contributed by atoms with van der Waals surface area (Å²) in [6, 6.07) is 45.3. The number of halogens is 3. The van der Waals surface area contributed by atoms with Crippen molar-refractivity contribution in [1.82, 2.24) is 28.9 Å². The molecule has 68 heavy (non-hydrogen) atoms. The van der Waals surface area contributed by atoms with Gasteiger partial charge in [0.15, 0.2) is 0 Å². The van der Waals surface area contributed by atoms with Crippen LogP contribution >= 0.6 is 43.5 Å². The molecule has 0 fully saturated rings. The minimum atomic E-state index is -0.467. The number of nitrogens with two attached hydrogens (primary N) is 2. The second-order valence-electron chi connectivity index (χ2n) is 16.1. The van der Waals surface area contributed by atoms with Crippen LogP contribution in [0.3, 0.4) is 0 Å². The summed E-state index contributed by atoms with van der Waals surface area (Å²) in [6.07, 6.45) is 0.551. The van der Waals surface area contributed by atoms with E-state index in [9.17, 15) is 19.2 Å². The van der Waals surface area contributed by atoms with E-state index in [4.69, 9.17) is 33.0 Å². The van der Waals surface area contributed by atoms with Crippen LogP contribution in [0.1, 0.15) is 75.8 Å². The van der Waals surface area contributed by atoms with Crippen LogP contribution < -0.4 is 22.6 Å². The topological polar surface area (TPSA) is 162 Å². The number of aromatic nitrogens is 4. The Bertz CT molecular complexity index is 3140. The Morgan fingerprint density at radius 1 is 0.603 bits per heavy atom. The summed E-state index contributed by atoms with van der Waals surface area (Å²) in [7, 11) is 0. The van der Waals surface area contributed by atoms with E-state index in [1.54, 1.807) is 67.5 Å². The third-order valence-electron chi connectivity index (χ3n) is 11.6. The van der Waals surface area contributed by atoms with Gasteiger partial charge in [0, 0.05) is 51.3 Å². The summed E-state index contributed by atoms with van der Waals surface area (Å²) in [5.74, 6) is 0.715. The maximum atomic E-state index is 13.7. The van der Waals surface area contributed by atoms with Gasteiger partial charge in [-0.05, 0) is 103 Å². The number of rotatable bonds is 15. The van der Waals surface area contributed by atoms with Gasteiger partial charge in [0.25, 0.3) is 22.9 Å². The van der Waals surface area contributed by atoms with Crippen LogP contribution in [0, 0.1) is 0 Å². The molecule has 0 saturated heterocycles. The van der Waals surface area contributed by atoms with Crippen LogP contribution in [0.15, 0.2) is 170 Å². The predicted octanol–water partition coefficient (Wildman–Crippen LogP) is 9.78. The number of benzene rings is 6. The molecule has 2 heterocycles. The van der Waals surface area contributed by atoms with E-state index in [1.165, 1.54) is 0 Å². The highest BCUT2D eigenvalue weighted by Gasteiger charge is 2.30. The van der Waals surface area contributed by atoms with E-state index in [2.05, 4.69) is 31.9 Å². The zero-order valence-electron chi connectivity index (χ0n) is 37.6. The van der Waals surface area contributed by atoms with Crippen LogP contribution in [0.4, 0.5) is 0 Å². The SMILES string of the molecule is CC(c1nc2ccccc2c(=O)n1Cc1ccccc1)N(CCN)C(=O)c1ccc(Br)cc1.CCC(c1nc2cc(Cl)ccc2c(=O)n1Cc1ccccc1)N(CCN)C(=O)c1ccc(Br)cc1. The van der Waals surface area contributed by atoms with Crippen molar-refractivity contribution in [2.75, 3.05) is 26.2 Å². The first-order chi connectivity index (χ1) is 32.9. The molecule has 0 aliphatic rings. The van der Waals surface area contributed by atoms with Gasteiger partial charge < -0.3 is 21.3 Å². The van der Waals surface area contributed by atoms with Crippen molar-refractivity contribution in [2.45, 2.75) is 45.4 Å². The van der Waals surface area contributed by atoms with Gasteiger partial charge in [-0.25, -0.2) is 9.97 Å². The van der Waals surface area contributed by atoms with Crippen molar-refractivity contribution >= 4 is 77.1 Å². The first-order valence-electron chi connectivity index (χ1n) is 22.2. The van der Waals surface area contributed by atoms with Crippen molar-refractivity contribution in [2.24, 2.45) is 11.5 Å². The Labute approximate surface area is 416 Å². The zero-order valence-corrected chi connectivity index (χ0v) is 41.6. The fourth-order valence-electron chi connectivity index (χ4n) is 8.15. The number of carbonyl (C=O) groups is 2. The highest BCUT2D eigenvalue weighted by molar-refractivity contribution is 9.10. The Morgan fingerprint density at radius 2 is 1.06 bits per heavy atom. The maximum Gasteiger partial charge on any atom is 0.261 e. The van der Waals surface area contributed by atoms with Crippen LogP contribution in [0.2, 0.25) is 5.02 Å². The molecular weight excluding hydrogens is 1010 g/mol. The molecule has 0 aliphatic carbocycles. The molecule has 15 heteroatoms. The van der Waals surface area contributed by atoms with Crippen LogP contribution in [0.5, 0.6) is 0 Å². The molecule has 0 spiro atoms. The van der Waals surface area contributed by atoms with Crippen molar-refractivity contribution in [3.63, 3.8) is 0 Å². The second kappa shape index (κ2) is 23.1. The average Bonchev–Trinajstić information content (AvgIpc) is 3.35. The molecule has 2 amide bonds. The maximum absolute atomic E-state index is 13.7. The summed E-state index contributed by atoms with van der Waals surface area (Å²) >= 11 is 13.1. The molecule has 2 atom stereocenters. The monoisotopic (exact) mass is 1060 g/mol. The molecule has 8 rings (SSSR count). The molecule has 2 aromatic heterocycles. The minimum Gasteiger partial charge on any atom is -0.329 e. The lowest BCUT2D eigenvalue weighted by molar-refractivity contribution is 0.0662. The van der Waals surface area contributed by atoms with E-state index >= 15 is 0 Å². The van der Waals surface area contributed by atoms with E-state index < -0.39 is 12.1 Å². The molecule has 6 aromatic carbocycles. The number of carbonyl (C=O) groups excluding carboxylic acids is 2. The van der Waals surface area contributed by atoms with Crippen molar-refractivity contribution in [1.29, 1.82) is 0 Å². The number of amides is 2. The quantitative estimate of drug-likeness (QED) is 0.103. The first kappa shape index (κ1) is 49.6. The molecule has 4 N–H and O–H groups in total. The lowest BCUT2D eigenvalue weighted by Gasteiger charge is -2.32. The lowest BCUT2D eigenvalue weighted by atomic mass is 10.1. The lowest BCUT2D eigenvalue weighted by Crippen LogP contribution is -2.41. The number of hydrogen-bond acceptors (Lipinski definition) is 8. The number of hydrogen-bond donors (Lipinski definition) is 2. The molecule has 0 aliphatic heterocycles. The highest BCUT2D eigenvalue weighted by atomic mass is 79.9. The van der Waals surface area contributed by atoms with Crippen LogP contribution in [-0.4, -0.2) is 66.9 Å². The summed E-state index contributed by atoms with van der Waals surface area (Å²) in [4.78, 5) is 67.4. The molecule has 8 aromatic rings. The van der Waals surface area contributed by atoms with E-state index in [1.807, 2.05) is 117 Å². The normalized spacial score (nSPS) is 12.0. The highest BCUT2D eigenvalue weighted by Crippen LogP contribution is 2.28. The molecule has 0 bridgehead atoms. The summed E-state index contributed by atoms with van der Waals surface area (Å²) < 4.78 is 5.11. The summed E-state index contributed by atoms with van der Waals surface area (Å²) in [6.45, 7) is 5.80. The third-order valence-corrected chi connectivity index (χ3v) is 12.8. The van der Waals surface area contributed by atoms with E-state index in [0.717, 1.165) is 20.1 Å². The fourth-order valence-corrected chi connectivity index (χ4v) is 8.85. The van der Waals surface area contributed by atoms with Gasteiger partial charge in [0.1, 0.15) is 11.6 Å². The van der Waals surface area contributed by atoms with E-state index in [-0.39, 0.29) is 29.5 Å². The molecule has 348 valence electrons. The Kier molecular flexibility index (Phi) is 16.9. The summed E-state index contributed by atoms with van der Waals surface area (Å²) in [5.41, 5.74) is 15.7. The van der Waals surface area contributed by atoms with Gasteiger partial charge in [-0.15, -0.1) is 0 Å². The minimum absolute atomic E-state index is 0.130. The second-order valence-corrected chi connectivity index (χ2v) is 18.3. The average molecular weight is 1060 g/mol. The van der Waals surface area contributed by atoms with Crippen molar-refractivity contribution in [3.8, 4) is 0 Å². The zero-order chi connectivity index (χ0) is 48.3. The number of para-hydroxylation sites is 1.